The van der Waals surface area contributed by atoms with Crippen molar-refractivity contribution in [1.82, 2.24) is 14.7 Å². The number of benzene rings is 1. The van der Waals surface area contributed by atoms with Crippen molar-refractivity contribution in [1.29, 1.82) is 0 Å². The average Bonchev–Trinajstić information content (AvgIpc) is 3.36. The highest BCUT2D eigenvalue weighted by Gasteiger charge is 2.43. The second-order valence-electron chi connectivity index (χ2n) is 7.82. The van der Waals surface area contributed by atoms with E-state index in [1.807, 2.05) is 35.1 Å². The molecule has 6 heteroatoms. The monoisotopic (exact) mass is 370 g/mol. The van der Waals surface area contributed by atoms with Gasteiger partial charge in [-0.3, -0.25) is 4.90 Å². The van der Waals surface area contributed by atoms with Crippen molar-refractivity contribution >= 4 is 0 Å². The maximum Gasteiger partial charge on any atom is 0.144 e. The number of hydrogen-bond acceptors (Lipinski definition) is 5. The first-order valence-electron chi connectivity index (χ1n) is 9.92. The van der Waals surface area contributed by atoms with Crippen LogP contribution in [0.25, 0.3) is 5.69 Å². The van der Waals surface area contributed by atoms with Gasteiger partial charge in [-0.25, -0.2) is 4.68 Å². The Labute approximate surface area is 161 Å². The molecular formula is C21H30N4O2. The topological polar surface area (TPSA) is 65.5 Å². The molecule has 3 heterocycles. The van der Waals surface area contributed by atoms with Crippen molar-refractivity contribution in [2.75, 3.05) is 40.0 Å². The lowest BCUT2D eigenvalue weighted by molar-refractivity contribution is 0.0155. The minimum absolute atomic E-state index is 0.235. The van der Waals surface area contributed by atoms with Crippen LogP contribution in [0.15, 0.2) is 36.5 Å². The smallest absolute Gasteiger partial charge is 0.144 e. The highest BCUT2D eigenvalue weighted by Crippen LogP contribution is 2.42. The van der Waals surface area contributed by atoms with E-state index in [0.29, 0.717) is 5.92 Å². The molecule has 2 saturated heterocycles. The van der Waals surface area contributed by atoms with E-state index in [1.54, 1.807) is 7.11 Å². The van der Waals surface area contributed by atoms with Gasteiger partial charge in [0.25, 0.3) is 0 Å². The molecule has 1 unspecified atom stereocenters. The standard InChI is InChI=1S/C21H30N4O2/c1-26-20-5-3-2-4-19(20)25-18(6-10-23-25)14-24-11-9-21(15-22,16-24)17-7-12-27-13-8-17/h2-6,10,17H,7-9,11-16,22H2,1H3. The van der Waals surface area contributed by atoms with Gasteiger partial charge >= 0.3 is 0 Å². The fourth-order valence-corrected chi connectivity index (χ4v) is 4.80. The molecule has 2 aliphatic rings. The quantitative estimate of drug-likeness (QED) is 0.846. The van der Waals surface area contributed by atoms with Crippen molar-refractivity contribution in [2.45, 2.75) is 25.8 Å². The predicted molar refractivity (Wildman–Crippen MR) is 105 cm³/mol. The molecule has 4 rings (SSSR count). The number of aromatic nitrogens is 2. The molecule has 0 aliphatic carbocycles. The Hall–Kier alpha value is -1.89. The number of nitrogens with zero attached hydrogens (tertiary/aromatic N) is 3. The van der Waals surface area contributed by atoms with Crippen molar-refractivity contribution in [3.8, 4) is 11.4 Å². The van der Waals surface area contributed by atoms with Crippen molar-refractivity contribution in [3.05, 3.63) is 42.2 Å². The molecule has 0 spiro atoms. The Morgan fingerprint density at radius 3 is 2.85 bits per heavy atom. The third-order valence-electron chi connectivity index (χ3n) is 6.38. The second kappa shape index (κ2) is 8.00. The summed E-state index contributed by atoms with van der Waals surface area (Å²) < 4.78 is 13.1. The van der Waals surface area contributed by atoms with Crippen molar-refractivity contribution in [2.24, 2.45) is 17.1 Å². The predicted octanol–water partition coefficient (Wildman–Crippen LogP) is 2.46. The Morgan fingerprint density at radius 2 is 2.07 bits per heavy atom. The number of methoxy groups -OCH3 is 1. The van der Waals surface area contributed by atoms with Gasteiger partial charge in [0.2, 0.25) is 0 Å². The summed E-state index contributed by atoms with van der Waals surface area (Å²) in [5.41, 5.74) is 8.69. The van der Waals surface area contributed by atoms with E-state index in [0.717, 1.165) is 63.7 Å². The average molecular weight is 370 g/mol. The van der Waals surface area contributed by atoms with Crippen LogP contribution in [0.2, 0.25) is 0 Å². The number of para-hydroxylation sites is 2. The van der Waals surface area contributed by atoms with E-state index in [1.165, 1.54) is 12.1 Å². The minimum Gasteiger partial charge on any atom is -0.494 e. The maximum absolute atomic E-state index is 6.29. The number of ether oxygens (including phenoxy) is 2. The van der Waals surface area contributed by atoms with Crippen LogP contribution in [0.5, 0.6) is 5.75 Å². The first-order valence-corrected chi connectivity index (χ1v) is 9.92. The molecule has 2 fully saturated rings. The second-order valence-corrected chi connectivity index (χ2v) is 7.82. The highest BCUT2D eigenvalue weighted by molar-refractivity contribution is 5.46. The molecule has 2 aromatic rings. The summed E-state index contributed by atoms with van der Waals surface area (Å²) >= 11 is 0. The van der Waals surface area contributed by atoms with Gasteiger partial charge in [0, 0.05) is 32.5 Å². The number of rotatable bonds is 6. The highest BCUT2D eigenvalue weighted by atomic mass is 16.5. The molecule has 2 aliphatic heterocycles. The molecule has 1 aromatic carbocycles. The van der Waals surface area contributed by atoms with Crippen LogP contribution in [0.1, 0.15) is 25.0 Å². The number of hydrogen-bond donors (Lipinski definition) is 1. The third kappa shape index (κ3) is 3.61. The van der Waals surface area contributed by atoms with Gasteiger partial charge in [-0.1, -0.05) is 12.1 Å². The van der Waals surface area contributed by atoms with Gasteiger partial charge in [0.1, 0.15) is 11.4 Å². The van der Waals surface area contributed by atoms with Crippen LogP contribution in [0.3, 0.4) is 0 Å². The summed E-state index contributed by atoms with van der Waals surface area (Å²) in [7, 11) is 1.70. The zero-order valence-electron chi connectivity index (χ0n) is 16.1. The summed E-state index contributed by atoms with van der Waals surface area (Å²) in [5, 5.41) is 4.55. The van der Waals surface area contributed by atoms with Crippen molar-refractivity contribution < 1.29 is 9.47 Å². The third-order valence-corrected chi connectivity index (χ3v) is 6.38. The first kappa shape index (κ1) is 18.5. The molecule has 27 heavy (non-hydrogen) atoms. The molecular weight excluding hydrogens is 340 g/mol. The van der Waals surface area contributed by atoms with Gasteiger partial charge in [-0.05, 0) is 61.9 Å². The van der Waals surface area contributed by atoms with Crippen LogP contribution in [-0.2, 0) is 11.3 Å². The molecule has 1 atom stereocenters. The fourth-order valence-electron chi connectivity index (χ4n) is 4.80. The molecule has 2 N–H and O–H groups in total. The molecule has 146 valence electrons. The van der Waals surface area contributed by atoms with Gasteiger partial charge < -0.3 is 15.2 Å². The van der Waals surface area contributed by atoms with Gasteiger partial charge in [0.15, 0.2) is 0 Å². The molecule has 1 aromatic heterocycles. The SMILES string of the molecule is COc1ccccc1-n1nccc1CN1CCC(CN)(C2CCOCC2)C1. The largest absolute Gasteiger partial charge is 0.494 e. The zero-order valence-corrected chi connectivity index (χ0v) is 16.1. The lowest BCUT2D eigenvalue weighted by atomic mass is 9.71. The minimum atomic E-state index is 0.235. The lowest BCUT2D eigenvalue weighted by Crippen LogP contribution is -2.43. The molecule has 0 saturated carbocycles. The summed E-state index contributed by atoms with van der Waals surface area (Å²) in [6, 6.07) is 10.1. The van der Waals surface area contributed by atoms with E-state index in [4.69, 9.17) is 15.2 Å². The Balaban J connectivity index is 1.50. The van der Waals surface area contributed by atoms with Crippen LogP contribution in [0.4, 0.5) is 0 Å². The zero-order chi connectivity index (χ0) is 18.7. The Kier molecular flexibility index (Phi) is 5.48. The van der Waals surface area contributed by atoms with E-state index in [-0.39, 0.29) is 5.41 Å². The molecule has 6 nitrogen and oxygen atoms in total. The molecule has 0 radical (unpaired) electrons. The van der Waals surface area contributed by atoms with Gasteiger partial charge in [-0.15, -0.1) is 0 Å². The normalized spacial score (nSPS) is 24.4. The van der Waals surface area contributed by atoms with Crippen LogP contribution >= 0.6 is 0 Å². The maximum atomic E-state index is 6.29. The summed E-state index contributed by atoms with van der Waals surface area (Å²) in [4.78, 5) is 2.53. The van der Waals surface area contributed by atoms with E-state index in [9.17, 15) is 0 Å². The fraction of sp³-hybridized carbons (Fsp3) is 0.571. The van der Waals surface area contributed by atoms with Crippen LogP contribution in [0, 0.1) is 11.3 Å². The molecule has 0 bridgehead atoms. The van der Waals surface area contributed by atoms with Gasteiger partial charge in [0.05, 0.1) is 12.8 Å². The van der Waals surface area contributed by atoms with Crippen molar-refractivity contribution in [3.63, 3.8) is 0 Å². The Bertz CT molecular complexity index is 756. The first-order chi connectivity index (χ1) is 13.3. The van der Waals surface area contributed by atoms with E-state index in [2.05, 4.69) is 16.1 Å². The summed E-state index contributed by atoms with van der Waals surface area (Å²) in [6.45, 7) is 5.56. The number of nitrogens with two attached hydrogens (primary N) is 1. The van der Waals surface area contributed by atoms with Crippen LogP contribution in [-0.4, -0.2) is 54.6 Å². The van der Waals surface area contributed by atoms with Crippen LogP contribution < -0.4 is 10.5 Å². The van der Waals surface area contributed by atoms with Gasteiger partial charge in [-0.2, -0.15) is 5.10 Å². The lowest BCUT2D eigenvalue weighted by Gasteiger charge is -2.39. The molecule has 0 amide bonds. The van der Waals surface area contributed by atoms with E-state index >= 15 is 0 Å². The summed E-state index contributed by atoms with van der Waals surface area (Å²) in [6.07, 6.45) is 5.33. The summed E-state index contributed by atoms with van der Waals surface area (Å²) in [5.74, 6) is 1.52. The number of likely N-dealkylation sites (tertiary alicyclic amines) is 1. The van der Waals surface area contributed by atoms with E-state index < -0.39 is 0 Å². The Morgan fingerprint density at radius 1 is 1.26 bits per heavy atom.